The van der Waals surface area contributed by atoms with Gasteiger partial charge in [0, 0.05) is 11.3 Å². The first-order valence-electron chi connectivity index (χ1n) is 18.1. The van der Waals surface area contributed by atoms with Crippen LogP contribution >= 0.6 is 0 Å². The Morgan fingerprint density at radius 3 is 2.20 bits per heavy atom. The molecular weight excluding hydrogens is 592 g/mol. The van der Waals surface area contributed by atoms with Crippen LogP contribution < -0.4 is 0 Å². The SMILES string of the molecule is CC1CC2OC3(OC2C(C)(C)O)C(O)C2(C)C4CCC5C(C)(C)[C@@H](O[C@@H]6O[C@H](CO)[C@@H](O)[C@@H](O)[C@H]6O)CC[C@@]56C[C@@]46CC[C@]2(C)C13. The summed E-state index contributed by atoms with van der Waals surface area (Å²) in [5.74, 6) is -0.0409. The van der Waals surface area contributed by atoms with Crippen LogP contribution in [-0.2, 0) is 18.9 Å². The third-order valence-corrected chi connectivity index (χ3v) is 16.3. The van der Waals surface area contributed by atoms with Crippen molar-refractivity contribution in [3.8, 4) is 0 Å². The summed E-state index contributed by atoms with van der Waals surface area (Å²) in [5, 5.41) is 64.9. The van der Waals surface area contributed by atoms with E-state index in [9.17, 15) is 30.6 Å². The fourth-order valence-electron chi connectivity index (χ4n) is 14.2. The third-order valence-electron chi connectivity index (χ3n) is 16.3. The number of rotatable bonds is 4. The van der Waals surface area contributed by atoms with Gasteiger partial charge in [-0.25, -0.2) is 0 Å². The molecule has 18 atom stereocenters. The van der Waals surface area contributed by atoms with Crippen molar-refractivity contribution in [1.82, 2.24) is 0 Å². The second-order valence-electron chi connectivity index (χ2n) is 18.7. The highest BCUT2D eigenvalue weighted by Gasteiger charge is 2.88. The lowest BCUT2D eigenvalue weighted by atomic mass is 9.41. The molecule has 0 amide bonds. The molecule has 9 unspecified atom stereocenters. The molecule has 3 saturated heterocycles. The Labute approximate surface area is 273 Å². The van der Waals surface area contributed by atoms with Gasteiger partial charge in [-0.1, -0.05) is 34.6 Å². The van der Waals surface area contributed by atoms with Crippen molar-refractivity contribution in [3.05, 3.63) is 0 Å². The summed E-state index contributed by atoms with van der Waals surface area (Å²) in [6.07, 6.45) is -0.227. The average molecular weight is 651 g/mol. The van der Waals surface area contributed by atoms with E-state index in [4.69, 9.17) is 18.9 Å². The lowest BCUT2D eigenvalue weighted by molar-refractivity contribution is -0.326. The fraction of sp³-hybridized carbons (Fsp3) is 1.00. The van der Waals surface area contributed by atoms with Crippen molar-refractivity contribution in [1.29, 1.82) is 0 Å². The van der Waals surface area contributed by atoms with Gasteiger partial charge in [-0.05, 0) is 105 Å². The van der Waals surface area contributed by atoms with Crippen molar-refractivity contribution in [2.24, 2.45) is 50.7 Å². The van der Waals surface area contributed by atoms with Crippen molar-refractivity contribution in [2.45, 2.75) is 166 Å². The summed E-state index contributed by atoms with van der Waals surface area (Å²) in [5.41, 5.74) is -1.62. The predicted molar refractivity (Wildman–Crippen MR) is 165 cm³/mol. The Balaban J connectivity index is 1.09. The molecule has 8 rings (SSSR count). The number of hydrogen-bond donors (Lipinski definition) is 6. The summed E-state index contributed by atoms with van der Waals surface area (Å²) in [7, 11) is 0. The van der Waals surface area contributed by atoms with E-state index in [1.807, 2.05) is 0 Å². The van der Waals surface area contributed by atoms with Crippen LogP contribution in [0.4, 0.5) is 0 Å². The molecule has 3 spiro atoms. The number of aliphatic hydroxyl groups excluding tert-OH is 5. The lowest BCUT2D eigenvalue weighted by Crippen LogP contribution is -2.62. The highest BCUT2D eigenvalue weighted by molar-refractivity contribution is 5.34. The van der Waals surface area contributed by atoms with Crippen molar-refractivity contribution < 1.29 is 49.6 Å². The van der Waals surface area contributed by atoms with Crippen LogP contribution in [0, 0.1) is 50.7 Å². The maximum Gasteiger partial charge on any atom is 0.199 e. The van der Waals surface area contributed by atoms with E-state index in [1.165, 1.54) is 0 Å². The van der Waals surface area contributed by atoms with E-state index in [0.717, 1.165) is 51.4 Å². The van der Waals surface area contributed by atoms with Gasteiger partial charge < -0.3 is 49.6 Å². The number of ether oxygens (including phenoxy) is 4. The van der Waals surface area contributed by atoms with Crippen LogP contribution in [0.15, 0.2) is 0 Å². The predicted octanol–water partition coefficient (Wildman–Crippen LogP) is 2.48. The molecule has 0 aromatic carbocycles. The molecule has 5 aliphatic carbocycles. The molecule has 0 aromatic rings. The fourth-order valence-corrected chi connectivity index (χ4v) is 14.2. The standard InChI is InChI=1S/C36H58O10/c1-17-14-18-27(31(4,5)42)46-36(45-18)26(17)32(6)12-13-35-16-34(35)11-10-22(44-28-25(40)24(39)23(38)19(15-37)43-28)30(2,3)20(34)8-9-21(35)33(32,7)29(36)41/h17-29,37-42H,8-16H2,1-7H3/t17?,18?,19-,20?,21?,22+,23-,24-,25-,26?,27?,28+,29?,32-,33?,34-,35+,36?/m1/s1. The van der Waals surface area contributed by atoms with E-state index >= 15 is 0 Å². The quantitative estimate of drug-likeness (QED) is 0.250. The largest absolute Gasteiger partial charge is 0.394 e. The molecule has 10 nitrogen and oxygen atoms in total. The second-order valence-corrected chi connectivity index (χ2v) is 18.7. The molecule has 0 aromatic heterocycles. The second kappa shape index (κ2) is 9.68. The molecule has 3 heterocycles. The summed E-state index contributed by atoms with van der Waals surface area (Å²) in [6, 6.07) is 0. The van der Waals surface area contributed by atoms with Crippen molar-refractivity contribution >= 4 is 0 Å². The maximum atomic E-state index is 12.7. The molecule has 8 fully saturated rings. The lowest BCUT2D eigenvalue weighted by Gasteiger charge is -2.63. The molecule has 2 bridgehead atoms. The molecule has 46 heavy (non-hydrogen) atoms. The molecule has 0 radical (unpaired) electrons. The maximum absolute atomic E-state index is 12.7. The monoisotopic (exact) mass is 650 g/mol. The minimum atomic E-state index is -1.46. The van der Waals surface area contributed by atoms with Gasteiger partial charge in [0.25, 0.3) is 0 Å². The first kappa shape index (κ1) is 32.8. The smallest absolute Gasteiger partial charge is 0.199 e. The molecule has 262 valence electrons. The molecular formula is C36H58O10. The van der Waals surface area contributed by atoms with Crippen LogP contribution in [0.5, 0.6) is 0 Å². The van der Waals surface area contributed by atoms with Crippen LogP contribution in [0.2, 0.25) is 0 Å². The molecule has 3 aliphatic heterocycles. The van der Waals surface area contributed by atoms with Crippen LogP contribution in [0.3, 0.4) is 0 Å². The van der Waals surface area contributed by atoms with E-state index < -0.39 is 66.3 Å². The zero-order valence-corrected chi connectivity index (χ0v) is 28.7. The number of hydrogen-bond acceptors (Lipinski definition) is 10. The van der Waals surface area contributed by atoms with E-state index in [1.54, 1.807) is 13.8 Å². The number of aliphatic hydroxyl groups is 6. The highest BCUT2D eigenvalue weighted by atomic mass is 16.8. The van der Waals surface area contributed by atoms with Crippen LogP contribution in [0.25, 0.3) is 0 Å². The van der Waals surface area contributed by atoms with Gasteiger partial charge in [0.15, 0.2) is 12.1 Å². The first-order chi connectivity index (χ1) is 21.4. The van der Waals surface area contributed by atoms with Gasteiger partial charge in [-0.3, -0.25) is 0 Å². The van der Waals surface area contributed by atoms with E-state index in [2.05, 4.69) is 34.6 Å². The van der Waals surface area contributed by atoms with Crippen LogP contribution in [-0.4, -0.2) is 104 Å². The first-order valence-corrected chi connectivity index (χ1v) is 18.1. The van der Waals surface area contributed by atoms with Gasteiger partial charge in [0.2, 0.25) is 0 Å². The zero-order chi connectivity index (χ0) is 33.2. The minimum absolute atomic E-state index is 0.0486. The average Bonchev–Trinajstić information content (AvgIpc) is 3.50. The Hall–Kier alpha value is -0.400. The summed E-state index contributed by atoms with van der Waals surface area (Å²) >= 11 is 0. The van der Waals surface area contributed by atoms with E-state index in [-0.39, 0.29) is 39.8 Å². The van der Waals surface area contributed by atoms with Crippen molar-refractivity contribution in [3.63, 3.8) is 0 Å². The minimum Gasteiger partial charge on any atom is -0.394 e. The topological polar surface area (TPSA) is 158 Å². The zero-order valence-electron chi connectivity index (χ0n) is 28.7. The Morgan fingerprint density at radius 2 is 1.52 bits per heavy atom. The van der Waals surface area contributed by atoms with Gasteiger partial charge in [-0.15, -0.1) is 0 Å². The highest BCUT2D eigenvalue weighted by Crippen LogP contribution is 2.90. The Kier molecular flexibility index (Phi) is 6.90. The van der Waals surface area contributed by atoms with Crippen molar-refractivity contribution in [2.75, 3.05) is 6.61 Å². The van der Waals surface area contributed by atoms with Crippen LogP contribution in [0.1, 0.15) is 99.8 Å². The molecule has 5 saturated carbocycles. The van der Waals surface area contributed by atoms with E-state index in [0.29, 0.717) is 17.8 Å². The molecule has 10 heteroatoms. The van der Waals surface area contributed by atoms with Gasteiger partial charge in [0.05, 0.1) is 24.4 Å². The normalized spacial score (nSPS) is 61.6. The third kappa shape index (κ3) is 3.63. The summed E-state index contributed by atoms with van der Waals surface area (Å²) < 4.78 is 25.9. The van der Waals surface area contributed by atoms with Gasteiger partial charge in [-0.2, -0.15) is 0 Å². The Morgan fingerprint density at radius 1 is 0.848 bits per heavy atom. The van der Waals surface area contributed by atoms with Gasteiger partial charge >= 0.3 is 0 Å². The summed E-state index contributed by atoms with van der Waals surface area (Å²) in [4.78, 5) is 0. The Bertz CT molecular complexity index is 1250. The van der Waals surface area contributed by atoms with Gasteiger partial charge in [0.1, 0.15) is 36.6 Å². The summed E-state index contributed by atoms with van der Waals surface area (Å²) in [6.45, 7) is 14.7. The molecule has 6 N–H and O–H groups in total. The number of fused-ring (bicyclic) bond motifs is 4. The molecule has 8 aliphatic rings.